The first-order chi connectivity index (χ1) is 15.3. The summed E-state index contributed by atoms with van der Waals surface area (Å²) in [4.78, 5) is 21.4. The predicted octanol–water partition coefficient (Wildman–Crippen LogP) is 7.23. The molecule has 0 aromatic heterocycles. The van der Waals surface area contributed by atoms with Gasteiger partial charge in [0, 0.05) is 5.02 Å². The van der Waals surface area contributed by atoms with Gasteiger partial charge in [-0.05, 0) is 54.5 Å². The van der Waals surface area contributed by atoms with Crippen LogP contribution in [0.15, 0.2) is 36.4 Å². The van der Waals surface area contributed by atoms with Crippen molar-refractivity contribution in [3.8, 4) is 0 Å². The summed E-state index contributed by atoms with van der Waals surface area (Å²) in [5.41, 5.74) is 0.227. The predicted molar refractivity (Wildman–Crippen MR) is 117 cm³/mol. The van der Waals surface area contributed by atoms with Gasteiger partial charge in [-0.1, -0.05) is 48.3 Å². The van der Waals surface area contributed by atoms with E-state index in [-0.39, 0.29) is 16.3 Å². The lowest BCUT2D eigenvalue weighted by molar-refractivity contribution is -0.178. The molecule has 0 bridgehead atoms. The maximum atomic E-state index is 14.9. The highest BCUT2D eigenvalue weighted by atomic mass is 35.5. The van der Waals surface area contributed by atoms with Crippen LogP contribution in [0.4, 0.5) is 28.0 Å². The SMILES string of the molecule is C[C@H]([C@H](C(=O)Nc1c(Cl)ccc(CC2CC2)c1F)c1ccc(Cl)cc1)C(F)(F)F.O=C(O)O. The van der Waals surface area contributed by atoms with Gasteiger partial charge in [-0.3, -0.25) is 4.79 Å². The van der Waals surface area contributed by atoms with Gasteiger partial charge in [-0.2, -0.15) is 13.2 Å². The van der Waals surface area contributed by atoms with E-state index in [0.717, 1.165) is 19.8 Å². The van der Waals surface area contributed by atoms with Crippen LogP contribution in [0.2, 0.25) is 10.0 Å². The van der Waals surface area contributed by atoms with E-state index in [1.54, 1.807) is 6.07 Å². The molecule has 0 unspecified atom stereocenters. The van der Waals surface area contributed by atoms with Crippen molar-refractivity contribution >= 4 is 41.0 Å². The minimum Gasteiger partial charge on any atom is -0.450 e. The zero-order valence-corrected chi connectivity index (χ0v) is 18.8. The smallest absolute Gasteiger partial charge is 0.450 e. The second kappa shape index (κ2) is 11.1. The molecule has 11 heteroatoms. The minimum atomic E-state index is -4.63. The topological polar surface area (TPSA) is 86.6 Å². The fraction of sp³-hybridized carbons (Fsp3) is 0.364. The van der Waals surface area contributed by atoms with Crippen molar-refractivity contribution in [1.29, 1.82) is 0 Å². The number of hydrogen-bond donors (Lipinski definition) is 3. The maximum Gasteiger partial charge on any atom is 0.503 e. The molecule has 1 fully saturated rings. The Morgan fingerprint density at radius 1 is 1.09 bits per heavy atom. The van der Waals surface area contributed by atoms with Gasteiger partial charge in [0.25, 0.3) is 0 Å². The van der Waals surface area contributed by atoms with Crippen LogP contribution in [-0.4, -0.2) is 28.5 Å². The van der Waals surface area contributed by atoms with Crippen LogP contribution in [0.25, 0.3) is 0 Å². The van der Waals surface area contributed by atoms with Gasteiger partial charge in [-0.15, -0.1) is 0 Å². The Bertz CT molecular complexity index is 991. The van der Waals surface area contributed by atoms with E-state index in [1.165, 1.54) is 30.3 Å². The molecule has 180 valence electrons. The summed E-state index contributed by atoms with van der Waals surface area (Å²) in [5.74, 6) is -4.88. The van der Waals surface area contributed by atoms with E-state index >= 15 is 0 Å². The average molecular weight is 510 g/mol. The first-order valence-electron chi connectivity index (χ1n) is 9.83. The van der Waals surface area contributed by atoms with Crippen molar-refractivity contribution in [1.82, 2.24) is 0 Å². The first-order valence-corrected chi connectivity index (χ1v) is 10.6. The van der Waals surface area contributed by atoms with Gasteiger partial charge in [0.1, 0.15) is 0 Å². The molecule has 3 N–H and O–H groups in total. The number of rotatable bonds is 6. The summed E-state index contributed by atoms with van der Waals surface area (Å²) in [6.45, 7) is 0.917. The molecule has 0 heterocycles. The molecule has 0 spiro atoms. The number of nitrogens with one attached hydrogen (secondary N) is 1. The van der Waals surface area contributed by atoms with E-state index in [0.29, 0.717) is 22.9 Å². The van der Waals surface area contributed by atoms with E-state index < -0.39 is 35.9 Å². The summed E-state index contributed by atoms with van der Waals surface area (Å²) in [6, 6.07) is 8.52. The molecule has 1 aliphatic carbocycles. The fourth-order valence-corrected chi connectivity index (χ4v) is 3.55. The molecule has 2 aromatic rings. The van der Waals surface area contributed by atoms with Crippen molar-refractivity contribution in [2.75, 3.05) is 5.32 Å². The monoisotopic (exact) mass is 509 g/mol. The number of carbonyl (C=O) groups is 2. The summed E-state index contributed by atoms with van der Waals surface area (Å²) in [5, 5.41) is 16.5. The van der Waals surface area contributed by atoms with Crippen LogP contribution in [0, 0.1) is 17.7 Å². The molecule has 33 heavy (non-hydrogen) atoms. The number of alkyl halides is 3. The highest BCUT2D eigenvalue weighted by Crippen LogP contribution is 2.40. The molecule has 1 saturated carbocycles. The van der Waals surface area contributed by atoms with Gasteiger partial charge >= 0.3 is 12.3 Å². The minimum absolute atomic E-state index is 0.0649. The van der Waals surface area contributed by atoms with Crippen LogP contribution in [0.3, 0.4) is 0 Å². The summed E-state index contributed by atoms with van der Waals surface area (Å²) in [6.07, 6.45) is -3.94. The molecule has 0 radical (unpaired) electrons. The molecule has 2 atom stereocenters. The van der Waals surface area contributed by atoms with Crippen molar-refractivity contribution in [2.45, 2.75) is 38.3 Å². The molecule has 5 nitrogen and oxygen atoms in total. The van der Waals surface area contributed by atoms with Crippen molar-refractivity contribution in [3.63, 3.8) is 0 Å². The van der Waals surface area contributed by atoms with Gasteiger partial charge in [0.15, 0.2) is 5.82 Å². The standard InChI is InChI=1S/C21H19Cl2F4NO.CH2O3/c1-11(21(25,26)27)17(13-4-7-15(22)8-5-13)20(29)28-19-16(23)9-6-14(18(19)24)10-12-2-3-12;2-1(3)4/h4-9,11-12,17H,2-3,10H2,1H3,(H,28,29);(H2,2,3,4)/t11-,17+;/m1./s1. The Hall–Kier alpha value is -2.52. The Morgan fingerprint density at radius 3 is 2.12 bits per heavy atom. The lowest BCUT2D eigenvalue weighted by Crippen LogP contribution is -2.34. The van der Waals surface area contributed by atoms with Crippen LogP contribution in [0.1, 0.15) is 36.8 Å². The van der Waals surface area contributed by atoms with Crippen molar-refractivity contribution in [3.05, 3.63) is 63.4 Å². The number of carbonyl (C=O) groups excluding carboxylic acids is 1. The Balaban J connectivity index is 0.000000890. The summed E-state index contributed by atoms with van der Waals surface area (Å²) >= 11 is 11.9. The third-order valence-electron chi connectivity index (χ3n) is 5.15. The van der Waals surface area contributed by atoms with Crippen LogP contribution < -0.4 is 5.32 Å². The Morgan fingerprint density at radius 2 is 1.64 bits per heavy atom. The Kier molecular flexibility index (Phi) is 8.97. The van der Waals surface area contributed by atoms with E-state index in [1.807, 2.05) is 0 Å². The highest BCUT2D eigenvalue weighted by molar-refractivity contribution is 6.33. The molecule has 1 amide bonds. The molecule has 2 aromatic carbocycles. The van der Waals surface area contributed by atoms with E-state index in [2.05, 4.69) is 5.32 Å². The number of benzene rings is 2. The maximum absolute atomic E-state index is 14.9. The average Bonchev–Trinajstić information content (AvgIpc) is 3.52. The molecule has 0 saturated heterocycles. The number of anilines is 1. The van der Waals surface area contributed by atoms with Gasteiger partial charge < -0.3 is 15.5 Å². The van der Waals surface area contributed by atoms with Crippen molar-refractivity contribution < 1.29 is 37.4 Å². The largest absolute Gasteiger partial charge is 0.503 e. The molecule has 0 aliphatic heterocycles. The second-order valence-electron chi connectivity index (χ2n) is 7.67. The quantitative estimate of drug-likeness (QED) is 0.358. The number of amides is 1. The van der Waals surface area contributed by atoms with Crippen LogP contribution >= 0.6 is 23.2 Å². The third kappa shape index (κ3) is 7.78. The van der Waals surface area contributed by atoms with Gasteiger partial charge in [0.2, 0.25) is 5.91 Å². The van der Waals surface area contributed by atoms with Gasteiger partial charge in [-0.25, -0.2) is 9.18 Å². The van der Waals surface area contributed by atoms with Crippen LogP contribution in [0.5, 0.6) is 0 Å². The summed E-state index contributed by atoms with van der Waals surface area (Å²) < 4.78 is 55.2. The highest BCUT2D eigenvalue weighted by Gasteiger charge is 2.45. The van der Waals surface area contributed by atoms with Gasteiger partial charge in [0.05, 0.1) is 22.5 Å². The number of hydrogen-bond acceptors (Lipinski definition) is 2. The van der Waals surface area contributed by atoms with E-state index in [9.17, 15) is 22.4 Å². The summed E-state index contributed by atoms with van der Waals surface area (Å²) in [7, 11) is 0. The fourth-order valence-electron chi connectivity index (χ4n) is 3.23. The third-order valence-corrected chi connectivity index (χ3v) is 5.72. The number of halogens is 6. The lowest BCUT2D eigenvalue weighted by atomic mass is 9.85. The number of carboxylic acid groups (broad SMARTS) is 2. The normalized spacial score (nSPS) is 15.1. The Labute approximate surface area is 197 Å². The first kappa shape index (κ1) is 26.7. The molecular weight excluding hydrogens is 489 g/mol. The van der Waals surface area contributed by atoms with E-state index in [4.69, 9.17) is 38.2 Å². The van der Waals surface area contributed by atoms with Crippen molar-refractivity contribution in [2.24, 2.45) is 11.8 Å². The molecule has 3 rings (SSSR count). The lowest BCUT2D eigenvalue weighted by Gasteiger charge is -2.26. The zero-order valence-electron chi connectivity index (χ0n) is 17.3. The molecule has 1 aliphatic rings. The second-order valence-corrected chi connectivity index (χ2v) is 8.52. The zero-order chi connectivity index (χ0) is 24.9. The molecular formula is C22H21Cl2F4NO4. The van der Waals surface area contributed by atoms with Crippen LogP contribution in [-0.2, 0) is 11.2 Å².